The van der Waals surface area contributed by atoms with Gasteiger partial charge in [0.15, 0.2) is 0 Å². The van der Waals surface area contributed by atoms with E-state index in [1.54, 1.807) is 0 Å². The fourth-order valence-corrected chi connectivity index (χ4v) is 1.86. The van der Waals surface area contributed by atoms with Crippen molar-refractivity contribution < 1.29 is 0 Å². The Balaban J connectivity index is 2.63. The van der Waals surface area contributed by atoms with Crippen LogP contribution in [0.15, 0.2) is 40.9 Å². The first-order chi connectivity index (χ1) is 6.66. The van der Waals surface area contributed by atoms with Crippen LogP contribution < -0.4 is 4.90 Å². The molecule has 0 radical (unpaired) electrons. The lowest BCUT2D eigenvalue weighted by atomic mass is 10.1. The molecule has 2 aromatic carbocycles. The van der Waals surface area contributed by atoms with E-state index in [0.29, 0.717) is 0 Å². The molecular formula is C12H12BrN. The standard InChI is InChI=1S/C12H12BrN/c1-14(2)12-6-4-9-3-5-11(13)7-10(9)8-12/h3-8H,1-2H3. The van der Waals surface area contributed by atoms with Crippen LogP contribution in [-0.4, -0.2) is 14.1 Å². The molecule has 0 aromatic heterocycles. The molecule has 0 bridgehead atoms. The number of anilines is 1. The molecule has 1 nitrogen and oxygen atoms in total. The van der Waals surface area contributed by atoms with Gasteiger partial charge in [-0.15, -0.1) is 0 Å². The van der Waals surface area contributed by atoms with E-state index in [2.05, 4.69) is 71.3 Å². The van der Waals surface area contributed by atoms with Gasteiger partial charge in [0.1, 0.15) is 0 Å². The summed E-state index contributed by atoms with van der Waals surface area (Å²) in [4.78, 5) is 2.11. The van der Waals surface area contributed by atoms with Crippen LogP contribution in [-0.2, 0) is 0 Å². The Labute approximate surface area is 92.5 Å². The molecule has 72 valence electrons. The van der Waals surface area contributed by atoms with Gasteiger partial charge >= 0.3 is 0 Å². The second-order valence-electron chi connectivity index (χ2n) is 3.57. The lowest BCUT2D eigenvalue weighted by Crippen LogP contribution is -2.07. The summed E-state index contributed by atoms with van der Waals surface area (Å²) in [6, 6.07) is 12.8. The second kappa shape index (κ2) is 3.62. The van der Waals surface area contributed by atoms with Gasteiger partial charge in [0, 0.05) is 24.3 Å². The molecule has 0 fully saturated rings. The molecule has 0 aliphatic rings. The summed E-state index contributed by atoms with van der Waals surface area (Å²) in [7, 11) is 4.11. The highest BCUT2D eigenvalue weighted by Gasteiger charge is 1.98. The van der Waals surface area contributed by atoms with Crippen molar-refractivity contribution in [3.63, 3.8) is 0 Å². The average Bonchev–Trinajstić information content (AvgIpc) is 2.16. The third-order valence-corrected chi connectivity index (χ3v) is 2.80. The monoisotopic (exact) mass is 249 g/mol. The van der Waals surface area contributed by atoms with E-state index in [1.165, 1.54) is 16.5 Å². The highest BCUT2D eigenvalue weighted by molar-refractivity contribution is 9.10. The second-order valence-corrected chi connectivity index (χ2v) is 4.49. The van der Waals surface area contributed by atoms with E-state index >= 15 is 0 Å². The molecule has 2 aromatic rings. The van der Waals surface area contributed by atoms with Crippen molar-refractivity contribution in [2.24, 2.45) is 0 Å². The predicted molar refractivity (Wildman–Crippen MR) is 66.0 cm³/mol. The first kappa shape index (κ1) is 9.53. The molecule has 0 spiro atoms. The lowest BCUT2D eigenvalue weighted by Gasteiger charge is -2.12. The minimum atomic E-state index is 1.13. The molecule has 2 heteroatoms. The Morgan fingerprint density at radius 1 is 0.929 bits per heavy atom. The minimum absolute atomic E-state index is 1.13. The summed E-state index contributed by atoms with van der Waals surface area (Å²) in [5, 5.41) is 2.55. The molecule has 0 heterocycles. The number of nitrogens with zero attached hydrogens (tertiary/aromatic N) is 1. The topological polar surface area (TPSA) is 3.24 Å². The Kier molecular flexibility index (Phi) is 2.46. The van der Waals surface area contributed by atoms with Crippen LogP contribution in [0.5, 0.6) is 0 Å². The summed E-state index contributed by atoms with van der Waals surface area (Å²) in [6.45, 7) is 0. The number of hydrogen-bond acceptors (Lipinski definition) is 1. The molecular weight excluding hydrogens is 238 g/mol. The van der Waals surface area contributed by atoms with E-state index in [-0.39, 0.29) is 0 Å². The molecule has 0 aliphatic heterocycles. The smallest absolute Gasteiger partial charge is 0.0367 e. The van der Waals surface area contributed by atoms with E-state index in [4.69, 9.17) is 0 Å². The molecule has 0 atom stereocenters. The van der Waals surface area contributed by atoms with Crippen molar-refractivity contribution in [3.8, 4) is 0 Å². The highest BCUT2D eigenvalue weighted by Crippen LogP contribution is 2.23. The first-order valence-electron chi connectivity index (χ1n) is 4.53. The SMILES string of the molecule is CN(C)c1ccc2ccc(Br)cc2c1. The van der Waals surface area contributed by atoms with Gasteiger partial charge in [0.05, 0.1) is 0 Å². The van der Waals surface area contributed by atoms with Gasteiger partial charge in [-0.3, -0.25) is 0 Å². The molecule has 0 saturated heterocycles. The molecule has 0 saturated carbocycles. The summed E-state index contributed by atoms with van der Waals surface area (Å²) >= 11 is 3.48. The zero-order valence-electron chi connectivity index (χ0n) is 8.29. The largest absolute Gasteiger partial charge is 0.378 e. The Morgan fingerprint density at radius 2 is 1.64 bits per heavy atom. The van der Waals surface area contributed by atoms with E-state index in [1.807, 2.05) is 0 Å². The Bertz CT molecular complexity index is 463. The third kappa shape index (κ3) is 1.75. The maximum absolute atomic E-state index is 3.48. The zero-order valence-corrected chi connectivity index (χ0v) is 9.88. The number of rotatable bonds is 1. The fourth-order valence-electron chi connectivity index (χ4n) is 1.48. The van der Waals surface area contributed by atoms with Crippen molar-refractivity contribution in [3.05, 3.63) is 40.9 Å². The van der Waals surface area contributed by atoms with E-state index < -0.39 is 0 Å². The highest BCUT2D eigenvalue weighted by atomic mass is 79.9. The van der Waals surface area contributed by atoms with E-state index in [0.717, 1.165) is 4.47 Å². The fraction of sp³-hybridized carbons (Fsp3) is 0.167. The molecule has 2 rings (SSSR count). The summed E-state index contributed by atoms with van der Waals surface area (Å²) < 4.78 is 1.13. The van der Waals surface area contributed by atoms with Gasteiger partial charge in [-0.1, -0.05) is 28.1 Å². The van der Waals surface area contributed by atoms with Gasteiger partial charge < -0.3 is 4.90 Å². The van der Waals surface area contributed by atoms with Crippen LogP contribution in [0.4, 0.5) is 5.69 Å². The number of hydrogen-bond donors (Lipinski definition) is 0. The third-order valence-electron chi connectivity index (χ3n) is 2.30. The van der Waals surface area contributed by atoms with Crippen molar-refractivity contribution >= 4 is 32.4 Å². The Morgan fingerprint density at radius 3 is 2.36 bits per heavy atom. The van der Waals surface area contributed by atoms with Gasteiger partial charge in [-0.2, -0.15) is 0 Å². The van der Waals surface area contributed by atoms with Gasteiger partial charge in [-0.25, -0.2) is 0 Å². The quantitative estimate of drug-likeness (QED) is 0.746. The van der Waals surface area contributed by atoms with Crippen LogP contribution >= 0.6 is 15.9 Å². The Hall–Kier alpha value is -1.02. The summed E-state index contributed by atoms with van der Waals surface area (Å²) in [5.41, 5.74) is 1.23. The number of benzene rings is 2. The minimum Gasteiger partial charge on any atom is -0.378 e. The molecule has 0 amide bonds. The van der Waals surface area contributed by atoms with Crippen LogP contribution in [0, 0.1) is 0 Å². The van der Waals surface area contributed by atoms with Crippen molar-refractivity contribution in [1.82, 2.24) is 0 Å². The normalized spacial score (nSPS) is 10.5. The molecule has 14 heavy (non-hydrogen) atoms. The van der Waals surface area contributed by atoms with Crippen molar-refractivity contribution in [1.29, 1.82) is 0 Å². The van der Waals surface area contributed by atoms with Gasteiger partial charge in [-0.05, 0) is 35.0 Å². The van der Waals surface area contributed by atoms with Crippen molar-refractivity contribution in [2.75, 3.05) is 19.0 Å². The van der Waals surface area contributed by atoms with Crippen LogP contribution in [0.2, 0.25) is 0 Å². The molecule has 0 unspecified atom stereocenters. The maximum atomic E-state index is 3.48. The van der Waals surface area contributed by atoms with Crippen molar-refractivity contribution in [2.45, 2.75) is 0 Å². The van der Waals surface area contributed by atoms with E-state index in [9.17, 15) is 0 Å². The van der Waals surface area contributed by atoms with Crippen LogP contribution in [0.1, 0.15) is 0 Å². The number of fused-ring (bicyclic) bond motifs is 1. The lowest BCUT2D eigenvalue weighted by molar-refractivity contribution is 1.14. The maximum Gasteiger partial charge on any atom is 0.0367 e. The summed E-state index contributed by atoms with van der Waals surface area (Å²) in [6.07, 6.45) is 0. The van der Waals surface area contributed by atoms with Gasteiger partial charge in [0.25, 0.3) is 0 Å². The average molecular weight is 250 g/mol. The molecule has 0 aliphatic carbocycles. The zero-order chi connectivity index (χ0) is 10.1. The molecule has 0 N–H and O–H groups in total. The van der Waals surface area contributed by atoms with Crippen LogP contribution in [0.3, 0.4) is 0 Å². The predicted octanol–water partition coefficient (Wildman–Crippen LogP) is 3.67. The van der Waals surface area contributed by atoms with Gasteiger partial charge in [0.2, 0.25) is 0 Å². The van der Waals surface area contributed by atoms with Crippen LogP contribution in [0.25, 0.3) is 10.8 Å². The number of halogens is 1. The first-order valence-corrected chi connectivity index (χ1v) is 5.33. The summed E-state index contributed by atoms with van der Waals surface area (Å²) in [5.74, 6) is 0.